The summed E-state index contributed by atoms with van der Waals surface area (Å²) in [6.45, 7) is 4.46. The molecule has 1 saturated heterocycles. The number of rotatable bonds is 3. The fourth-order valence-electron chi connectivity index (χ4n) is 2.67. The Bertz CT molecular complexity index is 599. The molecule has 1 unspecified atom stereocenters. The summed E-state index contributed by atoms with van der Waals surface area (Å²) in [5, 5.41) is 3.32. The molecule has 0 saturated carbocycles. The van der Waals surface area contributed by atoms with Crippen LogP contribution < -0.4 is 10.2 Å². The molecule has 2 aromatic rings. The molecule has 110 valence electrons. The quantitative estimate of drug-likeness (QED) is 0.903. The molecule has 1 aliphatic heterocycles. The number of aromatic nitrogens is 2. The lowest BCUT2D eigenvalue weighted by Gasteiger charge is -2.31. The van der Waals surface area contributed by atoms with E-state index in [0.717, 1.165) is 40.8 Å². The monoisotopic (exact) mass is 346 g/mol. The van der Waals surface area contributed by atoms with Crippen molar-refractivity contribution < 1.29 is 0 Å². The van der Waals surface area contributed by atoms with Crippen LogP contribution in [0, 0.1) is 5.92 Å². The maximum absolute atomic E-state index is 4.42. The van der Waals surface area contributed by atoms with Crippen LogP contribution in [0.1, 0.15) is 19.8 Å². The first-order valence-corrected chi connectivity index (χ1v) is 8.09. The van der Waals surface area contributed by atoms with Crippen molar-refractivity contribution in [2.75, 3.05) is 23.3 Å². The van der Waals surface area contributed by atoms with E-state index in [2.05, 4.69) is 43.0 Å². The molecule has 3 rings (SSSR count). The Hall–Kier alpha value is -1.62. The molecule has 0 amide bonds. The van der Waals surface area contributed by atoms with Gasteiger partial charge in [-0.1, -0.05) is 22.9 Å². The molecule has 1 aliphatic rings. The van der Waals surface area contributed by atoms with Crippen molar-refractivity contribution in [3.63, 3.8) is 0 Å². The van der Waals surface area contributed by atoms with Gasteiger partial charge in [0.05, 0.1) is 0 Å². The van der Waals surface area contributed by atoms with Gasteiger partial charge in [-0.25, -0.2) is 9.97 Å². The standard InChI is InChI=1S/C16H19BrN4/c1-12-3-2-8-21(10-12)16-9-15(18-11-19-16)20-14-6-4-13(17)5-7-14/h4-7,9,11-12H,2-3,8,10H2,1H3,(H,18,19,20). The second-order valence-electron chi connectivity index (χ2n) is 5.59. The van der Waals surface area contributed by atoms with Crippen molar-refractivity contribution in [1.82, 2.24) is 9.97 Å². The van der Waals surface area contributed by atoms with Crippen LogP contribution in [0.2, 0.25) is 0 Å². The van der Waals surface area contributed by atoms with Crippen molar-refractivity contribution >= 4 is 33.3 Å². The van der Waals surface area contributed by atoms with Crippen molar-refractivity contribution in [2.45, 2.75) is 19.8 Å². The zero-order valence-corrected chi connectivity index (χ0v) is 13.7. The lowest BCUT2D eigenvalue weighted by molar-refractivity contribution is 0.444. The minimum atomic E-state index is 0.733. The highest BCUT2D eigenvalue weighted by Crippen LogP contribution is 2.24. The maximum Gasteiger partial charge on any atom is 0.135 e. The summed E-state index contributed by atoms with van der Waals surface area (Å²) in [7, 11) is 0. The molecule has 21 heavy (non-hydrogen) atoms. The maximum atomic E-state index is 4.42. The van der Waals surface area contributed by atoms with E-state index in [1.165, 1.54) is 12.8 Å². The molecule has 0 aliphatic carbocycles. The predicted octanol–water partition coefficient (Wildman–Crippen LogP) is 4.22. The van der Waals surface area contributed by atoms with E-state index in [1.54, 1.807) is 6.33 Å². The van der Waals surface area contributed by atoms with Crippen LogP contribution in [0.4, 0.5) is 17.3 Å². The van der Waals surface area contributed by atoms with Crippen LogP contribution in [0.25, 0.3) is 0 Å². The van der Waals surface area contributed by atoms with Crippen LogP contribution in [-0.4, -0.2) is 23.1 Å². The van der Waals surface area contributed by atoms with Gasteiger partial charge in [0.1, 0.15) is 18.0 Å². The lowest BCUT2D eigenvalue weighted by atomic mass is 10.0. The van der Waals surface area contributed by atoms with Crippen LogP contribution in [0.3, 0.4) is 0 Å². The lowest BCUT2D eigenvalue weighted by Crippen LogP contribution is -2.34. The van der Waals surface area contributed by atoms with Crippen molar-refractivity contribution in [1.29, 1.82) is 0 Å². The molecule has 1 atom stereocenters. The first-order valence-electron chi connectivity index (χ1n) is 7.30. The van der Waals surface area contributed by atoms with Gasteiger partial charge >= 0.3 is 0 Å². The van der Waals surface area contributed by atoms with Gasteiger partial charge in [0, 0.05) is 29.3 Å². The molecule has 1 aromatic carbocycles. The summed E-state index contributed by atoms with van der Waals surface area (Å²) >= 11 is 3.44. The van der Waals surface area contributed by atoms with Crippen LogP contribution in [-0.2, 0) is 0 Å². The number of hydrogen-bond acceptors (Lipinski definition) is 4. The van der Waals surface area contributed by atoms with Gasteiger partial charge in [-0.15, -0.1) is 0 Å². The summed E-state index contributed by atoms with van der Waals surface area (Å²) in [4.78, 5) is 11.1. The SMILES string of the molecule is CC1CCCN(c2cc(Nc3ccc(Br)cc3)ncn2)C1. The third kappa shape index (κ3) is 3.73. The fourth-order valence-corrected chi connectivity index (χ4v) is 2.93. The molecule has 0 radical (unpaired) electrons. The van der Waals surface area contributed by atoms with Crippen molar-refractivity contribution in [3.05, 3.63) is 41.1 Å². The zero-order valence-electron chi connectivity index (χ0n) is 12.1. The van der Waals surface area contributed by atoms with Crippen molar-refractivity contribution in [3.8, 4) is 0 Å². The average molecular weight is 347 g/mol. The number of halogens is 1. The van der Waals surface area contributed by atoms with E-state index < -0.39 is 0 Å². The Labute approximate surface area is 133 Å². The number of nitrogens with one attached hydrogen (secondary N) is 1. The van der Waals surface area contributed by atoms with Crippen LogP contribution >= 0.6 is 15.9 Å². The molecular formula is C16H19BrN4. The van der Waals surface area contributed by atoms with E-state index in [0.29, 0.717) is 0 Å². The molecule has 5 heteroatoms. The first kappa shape index (κ1) is 14.3. The second kappa shape index (κ2) is 6.43. The summed E-state index contributed by atoms with van der Waals surface area (Å²) in [5.74, 6) is 2.58. The number of anilines is 3. The Morgan fingerprint density at radius 2 is 2.05 bits per heavy atom. The second-order valence-corrected chi connectivity index (χ2v) is 6.50. The number of hydrogen-bond donors (Lipinski definition) is 1. The van der Waals surface area contributed by atoms with Gasteiger partial charge in [-0.05, 0) is 43.0 Å². The topological polar surface area (TPSA) is 41.0 Å². The third-order valence-electron chi connectivity index (χ3n) is 3.75. The van der Waals surface area contributed by atoms with Crippen molar-refractivity contribution in [2.24, 2.45) is 5.92 Å². The predicted molar refractivity (Wildman–Crippen MR) is 90.1 cm³/mol. The van der Waals surface area contributed by atoms with E-state index in [-0.39, 0.29) is 0 Å². The number of piperidine rings is 1. The van der Waals surface area contributed by atoms with E-state index in [1.807, 2.05) is 30.3 Å². The highest BCUT2D eigenvalue weighted by molar-refractivity contribution is 9.10. The molecule has 1 aromatic heterocycles. The molecule has 1 fully saturated rings. The third-order valence-corrected chi connectivity index (χ3v) is 4.28. The van der Waals surface area contributed by atoms with Crippen LogP contribution in [0.5, 0.6) is 0 Å². The summed E-state index contributed by atoms with van der Waals surface area (Å²) in [5.41, 5.74) is 1.02. The molecule has 0 bridgehead atoms. The Morgan fingerprint density at radius 1 is 1.24 bits per heavy atom. The van der Waals surface area contributed by atoms with E-state index in [4.69, 9.17) is 0 Å². The van der Waals surface area contributed by atoms with Gasteiger partial charge in [-0.2, -0.15) is 0 Å². The van der Waals surface area contributed by atoms with Crippen LogP contribution in [0.15, 0.2) is 41.1 Å². The summed E-state index contributed by atoms with van der Waals surface area (Å²) < 4.78 is 1.07. The smallest absolute Gasteiger partial charge is 0.135 e. The van der Waals surface area contributed by atoms with E-state index in [9.17, 15) is 0 Å². The average Bonchev–Trinajstić information content (AvgIpc) is 2.50. The molecule has 2 heterocycles. The Morgan fingerprint density at radius 3 is 2.81 bits per heavy atom. The van der Waals surface area contributed by atoms with Gasteiger partial charge in [0.2, 0.25) is 0 Å². The van der Waals surface area contributed by atoms with E-state index >= 15 is 0 Å². The highest BCUT2D eigenvalue weighted by atomic mass is 79.9. The number of nitrogens with zero attached hydrogens (tertiary/aromatic N) is 3. The van der Waals surface area contributed by atoms with Gasteiger partial charge in [0.25, 0.3) is 0 Å². The Kier molecular flexibility index (Phi) is 4.39. The van der Waals surface area contributed by atoms with Gasteiger partial charge in [0.15, 0.2) is 0 Å². The fraction of sp³-hybridized carbons (Fsp3) is 0.375. The molecule has 4 nitrogen and oxygen atoms in total. The summed E-state index contributed by atoms with van der Waals surface area (Å²) in [6.07, 6.45) is 4.18. The minimum absolute atomic E-state index is 0.733. The zero-order chi connectivity index (χ0) is 14.7. The first-order chi connectivity index (χ1) is 10.2. The largest absolute Gasteiger partial charge is 0.356 e. The summed E-state index contributed by atoms with van der Waals surface area (Å²) in [6, 6.07) is 10.1. The normalized spacial score (nSPS) is 18.6. The number of benzene rings is 1. The molecule has 1 N–H and O–H groups in total. The van der Waals surface area contributed by atoms with Gasteiger partial charge in [-0.3, -0.25) is 0 Å². The Balaban J connectivity index is 1.75. The molecular weight excluding hydrogens is 328 g/mol. The van der Waals surface area contributed by atoms with Gasteiger partial charge < -0.3 is 10.2 Å². The highest BCUT2D eigenvalue weighted by Gasteiger charge is 2.17. The molecule has 0 spiro atoms. The minimum Gasteiger partial charge on any atom is -0.356 e.